The molecule has 9 nitrogen and oxygen atoms in total. The zero-order chi connectivity index (χ0) is 23.1. The number of rotatable bonds is 10. The second kappa shape index (κ2) is 11.0. The highest BCUT2D eigenvalue weighted by atomic mass is 32.2. The molecule has 0 saturated carbocycles. The number of fused-ring (bicyclic) bond motifs is 1. The number of carbonyl (C=O) groups excluding carboxylic acids is 1. The Morgan fingerprint density at radius 3 is 2.73 bits per heavy atom. The molecule has 0 radical (unpaired) electrons. The fraction of sp³-hybridized carbons (Fsp3) is 0.478. The van der Waals surface area contributed by atoms with E-state index in [-0.39, 0.29) is 5.91 Å². The second-order valence-electron chi connectivity index (χ2n) is 7.90. The molecule has 3 aromatic rings. The highest BCUT2D eigenvalue weighted by molar-refractivity contribution is 7.98. The molecule has 1 fully saturated rings. The van der Waals surface area contributed by atoms with Gasteiger partial charge in [-0.15, -0.1) is 0 Å². The first-order chi connectivity index (χ1) is 16.2. The summed E-state index contributed by atoms with van der Waals surface area (Å²) in [4.78, 5) is 22.6. The molecule has 1 aliphatic rings. The Bertz CT molecular complexity index is 1070. The predicted octanol–water partition coefficient (Wildman–Crippen LogP) is 2.47. The maximum absolute atomic E-state index is 13.4. The lowest BCUT2D eigenvalue weighted by molar-refractivity contribution is -0.130. The van der Waals surface area contributed by atoms with Gasteiger partial charge in [-0.25, -0.2) is 14.6 Å². The maximum Gasteiger partial charge on any atom is 0.230 e. The standard InChI is InChI=1S/C23H30N6O3S/c1-31-15-11-24-19-18-16-26-29(20(18)28-22(27-19)33-2)12-10-25-21(30)23(8-13-32-14-9-23)17-6-4-3-5-7-17/h3-7,16H,8-15H2,1-2H3,(H,25,30)(H,24,27,28). The zero-order valence-electron chi connectivity index (χ0n) is 19.0. The first kappa shape index (κ1) is 23.5. The summed E-state index contributed by atoms with van der Waals surface area (Å²) >= 11 is 1.48. The molecule has 2 aromatic heterocycles. The lowest BCUT2D eigenvalue weighted by Crippen LogP contribution is -2.48. The molecule has 0 unspecified atom stereocenters. The van der Waals surface area contributed by atoms with Crippen LogP contribution in [0.5, 0.6) is 0 Å². The van der Waals surface area contributed by atoms with E-state index in [2.05, 4.69) is 25.7 Å². The third-order valence-electron chi connectivity index (χ3n) is 5.97. The molecule has 1 saturated heterocycles. The molecule has 1 amide bonds. The highest BCUT2D eigenvalue weighted by Crippen LogP contribution is 2.35. The van der Waals surface area contributed by atoms with Crippen LogP contribution in [-0.2, 0) is 26.2 Å². The Labute approximate surface area is 197 Å². The van der Waals surface area contributed by atoms with Crippen molar-refractivity contribution in [2.75, 3.05) is 51.6 Å². The third-order valence-corrected chi connectivity index (χ3v) is 6.52. The number of amides is 1. The minimum absolute atomic E-state index is 0.0369. The van der Waals surface area contributed by atoms with E-state index in [4.69, 9.17) is 9.47 Å². The Balaban J connectivity index is 1.48. The van der Waals surface area contributed by atoms with Crippen LogP contribution in [0.15, 0.2) is 41.7 Å². The topological polar surface area (TPSA) is 103 Å². The summed E-state index contributed by atoms with van der Waals surface area (Å²) in [6.07, 6.45) is 5.06. The first-order valence-electron chi connectivity index (χ1n) is 11.1. The molecular formula is C23H30N6O3S. The number of nitrogens with one attached hydrogen (secondary N) is 2. The zero-order valence-corrected chi connectivity index (χ0v) is 19.9. The van der Waals surface area contributed by atoms with Gasteiger partial charge in [-0.1, -0.05) is 42.1 Å². The van der Waals surface area contributed by atoms with Crippen molar-refractivity contribution < 1.29 is 14.3 Å². The minimum atomic E-state index is -0.557. The van der Waals surface area contributed by atoms with Gasteiger partial charge in [0, 0.05) is 33.4 Å². The van der Waals surface area contributed by atoms with Crippen LogP contribution in [0.2, 0.25) is 0 Å². The van der Waals surface area contributed by atoms with Crippen LogP contribution in [0, 0.1) is 0 Å². The Morgan fingerprint density at radius 1 is 1.21 bits per heavy atom. The molecule has 10 heteroatoms. The van der Waals surface area contributed by atoms with Gasteiger partial charge in [0.2, 0.25) is 5.91 Å². The van der Waals surface area contributed by atoms with E-state index in [1.165, 1.54) is 11.8 Å². The average Bonchev–Trinajstić information content (AvgIpc) is 3.28. The van der Waals surface area contributed by atoms with E-state index in [1.54, 1.807) is 13.3 Å². The average molecular weight is 471 g/mol. The Morgan fingerprint density at radius 2 is 2.00 bits per heavy atom. The van der Waals surface area contributed by atoms with Crippen molar-refractivity contribution in [2.24, 2.45) is 0 Å². The van der Waals surface area contributed by atoms with E-state index in [0.29, 0.717) is 57.5 Å². The summed E-state index contributed by atoms with van der Waals surface area (Å²) in [5.74, 6) is 0.775. The summed E-state index contributed by atoms with van der Waals surface area (Å²) < 4.78 is 12.5. The third kappa shape index (κ3) is 5.13. The van der Waals surface area contributed by atoms with E-state index in [9.17, 15) is 4.79 Å². The van der Waals surface area contributed by atoms with Gasteiger partial charge in [0.05, 0.1) is 30.1 Å². The molecule has 1 aliphatic heterocycles. The molecule has 0 spiro atoms. The smallest absolute Gasteiger partial charge is 0.230 e. The summed E-state index contributed by atoms with van der Waals surface area (Å²) in [5, 5.41) is 12.5. The Kier molecular flexibility index (Phi) is 7.79. The number of carbonyl (C=O) groups is 1. The molecule has 3 heterocycles. The summed E-state index contributed by atoms with van der Waals surface area (Å²) in [7, 11) is 1.67. The van der Waals surface area contributed by atoms with Crippen molar-refractivity contribution in [1.29, 1.82) is 0 Å². The SMILES string of the molecule is COCCNc1nc(SC)nc2c1cnn2CCNC(=O)C1(c2ccccc2)CCOCC1. The number of ether oxygens (including phenoxy) is 2. The van der Waals surface area contributed by atoms with Crippen LogP contribution in [0.3, 0.4) is 0 Å². The molecule has 33 heavy (non-hydrogen) atoms. The number of benzene rings is 1. The van der Waals surface area contributed by atoms with Crippen LogP contribution in [0.4, 0.5) is 5.82 Å². The van der Waals surface area contributed by atoms with E-state index < -0.39 is 5.41 Å². The predicted molar refractivity (Wildman–Crippen MR) is 129 cm³/mol. The number of methoxy groups -OCH3 is 1. The summed E-state index contributed by atoms with van der Waals surface area (Å²) in [6.45, 7) is 3.35. The van der Waals surface area contributed by atoms with Gasteiger partial charge in [0.25, 0.3) is 0 Å². The molecule has 1 aromatic carbocycles. The van der Waals surface area contributed by atoms with Crippen LogP contribution < -0.4 is 10.6 Å². The van der Waals surface area contributed by atoms with Gasteiger partial charge in [-0.2, -0.15) is 5.10 Å². The molecule has 4 rings (SSSR count). The van der Waals surface area contributed by atoms with Crippen molar-refractivity contribution in [3.05, 3.63) is 42.1 Å². The summed E-state index contributed by atoms with van der Waals surface area (Å²) in [5.41, 5.74) is 1.23. The highest BCUT2D eigenvalue weighted by Gasteiger charge is 2.41. The second-order valence-corrected chi connectivity index (χ2v) is 8.67. The fourth-order valence-corrected chi connectivity index (χ4v) is 4.53. The number of thioether (sulfide) groups is 1. The van der Waals surface area contributed by atoms with Gasteiger partial charge in [0.15, 0.2) is 10.8 Å². The van der Waals surface area contributed by atoms with Crippen molar-refractivity contribution in [3.63, 3.8) is 0 Å². The van der Waals surface area contributed by atoms with Crippen molar-refractivity contribution in [2.45, 2.75) is 30.0 Å². The summed E-state index contributed by atoms with van der Waals surface area (Å²) in [6, 6.07) is 10.0. The lowest BCUT2D eigenvalue weighted by atomic mass is 9.73. The van der Waals surface area contributed by atoms with Crippen LogP contribution in [0.1, 0.15) is 18.4 Å². The number of anilines is 1. The van der Waals surface area contributed by atoms with Gasteiger partial charge in [-0.05, 0) is 24.7 Å². The van der Waals surface area contributed by atoms with Gasteiger partial charge in [0.1, 0.15) is 5.82 Å². The molecule has 0 bridgehead atoms. The lowest BCUT2D eigenvalue weighted by Gasteiger charge is -2.36. The molecule has 0 atom stereocenters. The van der Waals surface area contributed by atoms with Crippen LogP contribution in [0.25, 0.3) is 11.0 Å². The number of nitrogens with zero attached hydrogens (tertiary/aromatic N) is 4. The van der Waals surface area contributed by atoms with Crippen molar-refractivity contribution in [1.82, 2.24) is 25.1 Å². The number of hydrogen-bond donors (Lipinski definition) is 2. The molecule has 2 N–H and O–H groups in total. The molecule has 0 aliphatic carbocycles. The number of aromatic nitrogens is 4. The van der Waals surface area contributed by atoms with Crippen molar-refractivity contribution >= 4 is 34.5 Å². The van der Waals surface area contributed by atoms with Gasteiger partial charge in [-0.3, -0.25) is 4.79 Å². The number of hydrogen-bond acceptors (Lipinski definition) is 8. The van der Waals surface area contributed by atoms with E-state index in [1.807, 2.05) is 41.3 Å². The van der Waals surface area contributed by atoms with E-state index >= 15 is 0 Å². The van der Waals surface area contributed by atoms with Crippen molar-refractivity contribution in [3.8, 4) is 0 Å². The van der Waals surface area contributed by atoms with Gasteiger partial charge >= 0.3 is 0 Å². The van der Waals surface area contributed by atoms with Gasteiger partial charge < -0.3 is 20.1 Å². The van der Waals surface area contributed by atoms with Crippen LogP contribution >= 0.6 is 11.8 Å². The quantitative estimate of drug-likeness (QED) is 0.265. The normalized spacial score (nSPS) is 15.5. The molecule has 176 valence electrons. The molecular weight excluding hydrogens is 440 g/mol. The van der Waals surface area contributed by atoms with E-state index in [0.717, 1.165) is 22.4 Å². The Hall–Kier alpha value is -2.69. The minimum Gasteiger partial charge on any atom is -0.383 e. The monoisotopic (exact) mass is 470 g/mol. The first-order valence-corrected chi connectivity index (χ1v) is 12.3. The fourth-order valence-electron chi connectivity index (χ4n) is 4.16. The van der Waals surface area contributed by atoms with Crippen LogP contribution in [-0.4, -0.2) is 71.9 Å². The largest absolute Gasteiger partial charge is 0.383 e. The maximum atomic E-state index is 13.4.